The molecule has 1 aromatic rings. The Morgan fingerprint density at radius 2 is 2.15 bits per heavy atom. The van der Waals surface area contributed by atoms with Crippen molar-refractivity contribution in [3.63, 3.8) is 0 Å². The molecular weight excluding hydrogens is 174 g/mol. The van der Waals surface area contributed by atoms with Gasteiger partial charge in [0.15, 0.2) is 0 Å². The first-order chi connectivity index (χ1) is 6.24. The molecule has 1 rings (SSSR count). The van der Waals surface area contributed by atoms with Gasteiger partial charge in [-0.2, -0.15) is 0 Å². The fourth-order valence-electron chi connectivity index (χ4n) is 0.903. The molecule has 0 spiro atoms. The summed E-state index contributed by atoms with van der Waals surface area (Å²) in [7, 11) is 0. The highest BCUT2D eigenvalue weighted by Gasteiger charge is 2.02. The van der Waals surface area contributed by atoms with Crippen LogP contribution in [0.15, 0.2) is 24.3 Å². The predicted octanol–water partition coefficient (Wildman–Crippen LogP) is 1.21. The first-order valence-electron chi connectivity index (χ1n) is 3.54. The normalized spacial score (nSPS) is 9.23. The lowest BCUT2D eigenvalue weighted by Gasteiger charge is -2.01. The second kappa shape index (κ2) is 4.20. The van der Waals surface area contributed by atoms with Gasteiger partial charge in [0.05, 0.1) is 0 Å². The molecule has 0 fully saturated rings. The van der Waals surface area contributed by atoms with Gasteiger partial charge in [-0.25, -0.2) is 0 Å². The van der Waals surface area contributed by atoms with Crippen LogP contribution < -0.4 is 0 Å². The van der Waals surface area contributed by atoms with Crippen LogP contribution in [0.3, 0.4) is 0 Å². The summed E-state index contributed by atoms with van der Waals surface area (Å²) in [5.41, 5.74) is 0.915. The lowest BCUT2D eigenvalue weighted by Crippen LogP contribution is -2.02. The highest BCUT2D eigenvalue weighted by molar-refractivity contribution is 5.76. The van der Waals surface area contributed by atoms with Crippen LogP contribution in [0.1, 0.15) is 15.9 Å². The van der Waals surface area contributed by atoms with Crippen LogP contribution in [0.2, 0.25) is 0 Å². The minimum Gasteiger partial charge on any atom is -0.309 e. The molecule has 68 valence electrons. The van der Waals surface area contributed by atoms with Crippen molar-refractivity contribution in [1.29, 1.82) is 0 Å². The molecule has 0 heterocycles. The van der Waals surface area contributed by atoms with Crippen molar-refractivity contribution in [2.24, 2.45) is 0 Å². The van der Waals surface area contributed by atoms with Gasteiger partial charge in [-0.05, 0) is 5.56 Å². The van der Waals surface area contributed by atoms with Crippen LogP contribution in [-0.4, -0.2) is 11.4 Å². The molecule has 5 heteroatoms. The molecule has 0 aliphatic rings. The van der Waals surface area contributed by atoms with E-state index in [1.54, 1.807) is 24.3 Å². The molecule has 0 unspecified atom stereocenters. The number of rotatable bonds is 4. The van der Waals surface area contributed by atoms with Crippen LogP contribution in [0, 0.1) is 10.1 Å². The van der Waals surface area contributed by atoms with Crippen LogP contribution in [0.4, 0.5) is 0 Å². The van der Waals surface area contributed by atoms with Gasteiger partial charge in [0.1, 0.15) is 12.9 Å². The zero-order valence-corrected chi connectivity index (χ0v) is 6.67. The highest BCUT2D eigenvalue weighted by atomic mass is 16.9. The number of carbonyl (C=O) groups is 1. The Hall–Kier alpha value is -1.91. The number of benzene rings is 1. The molecule has 13 heavy (non-hydrogen) atoms. The molecule has 0 saturated heterocycles. The van der Waals surface area contributed by atoms with Crippen molar-refractivity contribution in [2.75, 3.05) is 0 Å². The minimum atomic E-state index is -0.887. The monoisotopic (exact) mass is 181 g/mol. The van der Waals surface area contributed by atoms with E-state index in [4.69, 9.17) is 0 Å². The van der Waals surface area contributed by atoms with E-state index in [0.717, 1.165) is 0 Å². The lowest BCUT2D eigenvalue weighted by molar-refractivity contribution is -0.763. The first kappa shape index (κ1) is 9.18. The quantitative estimate of drug-likeness (QED) is 0.397. The third-order valence-electron chi connectivity index (χ3n) is 1.51. The smallest absolute Gasteiger partial charge is 0.294 e. The van der Waals surface area contributed by atoms with Crippen LogP contribution in [0.5, 0.6) is 0 Å². The molecule has 0 N–H and O–H groups in total. The standard InChI is InChI=1S/C8H7NO4/c10-5-7-3-1-2-4-8(7)6-13-9(11)12/h1-5H,6H2. The maximum Gasteiger partial charge on any atom is 0.294 e. The zero-order chi connectivity index (χ0) is 9.68. The summed E-state index contributed by atoms with van der Waals surface area (Å²) >= 11 is 0. The summed E-state index contributed by atoms with van der Waals surface area (Å²) in [6.45, 7) is -0.193. The maximum absolute atomic E-state index is 10.4. The first-order valence-corrected chi connectivity index (χ1v) is 3.54. The Morgan fingerprint density at radius 3 is 2.77 bits per heavy atom. The average Bonchev–Trinajstić information content (AvgIpc) is 2.15. The van der Waals surface area contributed by atoms with E-state index in [9.17, 15) is 14.9 Å². The third-order valence-corrected chi connectivity index (χ3v) is 1.51. The van der Waals surface area contributed by atoms with Gasteiger partial charge in [0.2, 0.25) is 0 Å². The Bertz CT molecular complexity index is 324. The van der Waals surface area contributed by atoms with Gasteiger partial charge in [-0.1, -0.05) is 24.3 Å². The van der Waals surface area contributed by atoms with E-state index in [1.807, 2.05) is 0 Å². The fourth-order valence-corrected chi connectivity index (χ4v) is 0.903. The Morgan fingerprint density at radius 1 is 1.46 bits per heavy atom. The Balaban J connectivity index is 2.75. The fraction of sp³-hybridized carbons (Fsp3) is 0.125. The van der Waals surface area contributed by atoms with Crippen molar-refractivity contribution in [3.05, 3.63) is 45.5 Å². The number of hydrogen-bond acceptors (Lipinski definition) is 4. The molecule has 0 bridgehead atoms. The van der Waals surface area contributed by atoms with E-state index in [0.29, 0.717) is 17.4 Å². The largest absolute Gasteiger partial charge is 0.309 e. The summed E-state index contributed by atoms with van der Waals surface area (Å²) in [5, 5.41) is 8.98. The van der Waals surface area contributed by atoms with E-state index in [-0.39, 0.29) is 6.61 Å². The van der Waals surface area contributed by atoms with Crippen LogP contribution in [0.25, 0.3) is 0 Å². The number of aldehydes is 1. The molecular formula is C8H7NO4. The van der Waals surface area contributed by atoms with Gasteiger partial charge >= 0.3 is 0 Å². The van der Waals surface area contributed by atoms with Gasteiger partial charge in [-0.15, -0.1) is 10.1 Å². The van der Waals surface area contributed by atoms with Crippen molar-refractivity contribution in [3.8, 4) is 0 Å². The van der Waals surface area contributed by atoms with Gasteiger partial charge in [0, 0.05) is 5.56 Å². The topological polar surface area (TPSA) is 69.4 Å². The molecule has 0 radical (unpaired) electrons. The van der Waals surface area contributed by atoms with E-state index < -0.39 is 5.09 Å². The molecule has 1 aromatic carbocycles. The van der Waals surface area contributed by atoms with Gasteiger partial charge < -0.3 is 4.84 Å². The van der Waals surface area contributed by atoms with Crippen molar-refractivity contribution >= 4 is 6.29 Å². The summed E-state index contributed by atoms with van der Waals surface area (Å²) in [6, 6.07) is 6.55. The third kappa shape index (κ3) is 2.55. The van der Waals surface area contributed by atoms with Crippen molar-refractivity contribution in [2.45, 2.75) is 6.61 Å². The zero-order valence-electron chi connectivity index (χ0n) is 6.67. The molecule has 5 nitrogen and oxygen atoms in total. The second-order valence-electron chi connectivity index (χ2n) is 2.31. The van der Waals surface area contributed by atoms with E-state index in [1.165, 1.54) is 0 Å². The highest BCUT2D eigenvalue weighted by Crippen LogP contribution is 2.07. The summed E-state index contributed by atoms with van der Waals surface area (Å²) in [5.74, 6) is 0. The molecule has 0 amide bonds. The molecule has 0 aliphatic carbocycles. The number of carbonyl (C=O) groups excluding carboxylic acids is 1. The average molecular weight is 181 g/mol. The molecule has 0 aromatic heterocycles. The predicted molar refractivity (Wildman–Crippen MR) is 43.6 cm³/mol. The summed E-state index contributed by atoms with van der Waals surface area (Å²) in [6.07, 6.45) is 0.638. The summed E-state index contributed by atoms with van der Waals surface area (Å²) in [4.78, 5) is 24.4. The molecule has 0 saturated carbocycles. The van der Waals surface area contributed by atoms with Crippen molar-refractivity contribution in [1.82, 2.24) is 0 Å². The van der Waals surface area contributed by atoms with Crippen molar-refractivity contribution < 1.29 is 14.7 Å². The number of nitrogens with zero attached hydrogens (tertiary/aromatic N) is 1. The lowest BCUT2D eigenvalue weighted by atomic mass is 10.1. The molecule has 0 atom stereocenters. The van der Waals surface area contributed by atoms with E-state index in [2.05, 4.69) is 4.84 Å². The van der Waals surface area contributed by atoms with Gasteiger partial charge in [0.25, 0.3) is 5.09 Å². The summed E-state index contributed by atoms with van der Waals surface area (Å²) < 4.78 is 0. The van der Waals surface area contributed by atoms with E-state index >= 15 is 0 Å². The Labute approximate surface area is 74.0 Å². The number of hydrogen-bond donors (Lipinski definition) is 0. The van der Waals surface area contributed by atoms with Crippen LogP contribution in [-0.2, 0) is 11.4 Å². The minimum absolute atomic E-state index is 0.193. The second-order valence-corrected chi connectivity index (χ2v) is 2.31. The maximum atomic E-state index is 10.4. The molecule has 0 aliphatic heterocycles. The Kier molecular flexibility index (Phi) is 2.97. The van der Waals surface area contributed by atoms with Crippen LogP contribution >= 0.6 is 0 Å². The SMILES string of the molecule is O=Cc1ccccc1CO[N+](=O)[O-]. The van der Waals surface area contributed by atoms with Gasteiger partial charge in [-0.3, -0.25) is 4.79 Å².